The lowest BCUT2D eigenvalue weighted by Gasteiger charge is -2.06. The van der Waals surface area contributed by atoms with Crippen LogP contribution in [0.2, 0.25) is 0 Å². The van der Waals surface area contributed by atoms with Crippen molar-refractivity contribution in [2.75, 3.05) is 0 Å². The second kappa shape index (κ2) is 22.2. The van der Waals surface area contributed by atoms with Crippen LogP contribution in [0.15, 0.2) is 91.0 Å². The first kappa shape index (κ1) is 38.2. The average Bonchev–Trinajstić information content (AvgIpc) is 3.48. The van der Waals surface area contributed by atoms with Crippen LogP contribution < -0.4 is 10.1 Å². The molecular formula is C44H53NO5. The lowest BCUT2D eigenvalue weighted by atomic mass is 10.0. The van der Waals surface area contributed by atoms with E-state index in [4.69, 9.17) is 4.74 Å². The molecule has 1 aliphatic rings. The molecule has 0 radical (unpaired) electrons. The number of esters is 1. The number of rotatable bonds is 24. The summed E-state index contributed by atoms with van der Waals surface area (Å²) in [4.78, 5) is 47.6. The third-order valence-corrected chi connectivity index (χ3v) is 9.22. The molecule has 6 heteroatoms. The Balaban J connectivity index is 0.889. The molecule has 3 aromatic rings. The molecule has 0 saturated carbocycles. The maximum atomic E-state index is 12.2. The van der Waals surface area contributed by atoms with Crippen LogP contribution in [-0.2, 0) is 20.8 Å². The van der Waals surface area contributed by atoms with E-state index < -0.39 is 0 Å². The van der Waals surface area contributed by atoms with Gasteiger partial charge in [-0.15, -0.1) is 0 Å². The minimum atomic E-state index is -0.339. The van der Waals surface area contributed by atoms with Crippen LogP contribution in [0.5, 0.6) is 5.75 Å². The van der Waals surface area contributed by atoms with Crippen molar-refractivity contribution in [2.45, 2.75) is 116 Å². The number of allylic oxidation sites excluding steroid dienone is 1. The normalized spacial score (nSPS) is 12.7. The van der Waals surface area contributed by atoms with Gasteiger partial charge < -0.3 is 4.74 Å². The molecule has 4 rings (SSSR count). The molecular weight excluding hydrogens is 622 g/mol. The Bertz CT molecular complexity index is 1550. The molecule has 3 aromatic carbocycles. The van der Waals surface area contributed by atoms with Gasteiger partial charge in [0.2, 0.25) is 0 Å². The highest BCUT2D eigenvalue weighted by atomic mass is 16.5. The van der Waals surface area contributed by atoms with Gasteiger partial charge in [0.25, 0.3) is 11.8 Å². The predicted octanol–water partition coefficient (Wildman–Crippen LogP) is 10.4. The molecule has 0 unspecified atom stereocenters. The summed E-state index contributed by atoms with van der Waals surface area (Å²) in [5.41, 5.74) is 4.06. The molecule has 6 nitrogen and oxygen atoms in total. The summed E-state index contributed by atoms with van der Waals surface area (Å²) in [6, 6.07) is 24.4. The summed E-state index contributed by atoms with van der Waals surface area (Å²) >= 11 is 0. The Morgan fingerprint density at radius 3 is 1.68 bits per heavy atom. The summed E-state index contributed by atoms with van der Waals surface area (Å²) < 4.78 is 5.48. The van der Waals surface area contributed by atoms with Crippen molar-refractivity contribution in [3.63, 3.8) is 0 Å². The minimum absolute atomic E-state index is 0.0433. The predicted molar refractivity (Wildman–Crippen MR) is 202 cm³/mol. The van der Waals surface area contributed by atoms with E-state index in [1.165, 1.54) is 102 Å². The standard InChI is InChI=1S/C44H53NO5/c46-41(38-21-17-15-18-22-38)33-28-36-26-31-39(32-27-36)50-43(48)23-19-14-12-10-8-6-4-2-1-3-5-7-9-11-13-16-20-35-24-29-37(30-25-35)40-34-42(47)45-44(40)49/h15,17-18,21-22,24-34H,1-14,16,19-20,23H2,(H,45,47,49). The highest BCUT2D eigenvalue weighted by molar-refractivity contribution is 6.33. The van der Waals surface area contributed by atoms with E-state index in [-0.39, 0.29) is 23.6 Å². The maximum absolute atomic E-state index is 12.2. The number of hydrogen-bond acceptors (Lipinski definition) is 5. The van der Waals surface area contributed by atoms with E-state index in [1.807, 2.05) is 42.5 Å². The monoisotopic (exact) mass is 675 g/mol. The van der Waals surface area contributed by atoms with Gasteiger partial charge in [0, 0.05) is 18.1 Å². The Hall–Kier alpha value is -4.58. The maximum Gasteiger partial charge on any atom is 0.311 e. The molecule has 1 N–H and O–H groups in total. The molecule has 264 valence electrons. The summed E-state index contributed by atoms with van der Waals surface area (Å²) in [5, 5.41) is 2.29. The zero-order valence-corrected chi connectivity index (χ0v) is 29.5. The van der Waals surface area contributed by atoms with Gasteiger partial charge in [-0.25, -0.2) is 0 Å². The molecule has 1 aliphatic heterocycles. The summed E-state index contributed by atoms with van der Waals surface area (Å²) in [6.07, 6.45) is 26.2. The number of carbonyl (C=O) groups excluding carboxylic acids is 4. The number of hydrogen-bond donors (Lipinski definition) is 1. The number of ether oxygens (including phenoxy) is 1. The van der Waals surface area contributed by atoms with Crippen molar-refractivity contribution >= 4 is 35.2 Å². The van der Waals surface area contributed by atoms with Crippen LogP contribution in [-0.4, -0.2) is 23.6 Å². The zero-order chi connectivity index (χ0) is 35.2. The quantitative estimate of drug-likeness (QED) is 0.0255. The number of ketones is 1. The number of unbranched alkanes of at least 4 members (excludes halogenated alkanes) is 15. The van der Waals surface area contributed by atoms with Crippen LogP contribution in [0.4, 0.5) is 0 Å². The van der Waals surface area contributed by atoms with E-state index in [0.717, 1.165) is 30.4 Å². The molecule has 0 fully saturated rings. The van der Waals surface area contributed by atoms with Gasteiger partial charge >= 0.3 is 5.97 Å². The minimum Gasteiger partial charge on any atom is -0.427 e. The van der Waals surface area contributed by atoms with Gasteiger partial charge in [0.1, 0.15) is 5.75 Å². The third-order valence-electron chi connectivity index (χ3n) is 9.22. The molecule has 0 aliphatic carbocycles. The molecule has 1 heterocycles. The van der Waals surface area contributed by atoms with Gasteiger partial charge in [0.15, 0.2) is 5.78 Å². The second-order valence-electron chi connectivity index (χ2n) is 13.3. The number of nitrogens with one attached hydrogen (secondary N) is 1. The van der Waals surface area contributed by atoms with Crippen molar-refractivity contribution < 1.29 is 23.9 Å². The highest BCUT2D eigenvalue weighted by Gasteiger charge is 2.21. The lowest BCUT2D eigenvalue weighted by Crippen LogP contribution is -2.21. The molecule has 0 aromatic heterocycles. The van der Waals surface area contributed by atoms with E-state index in [1.54, 1.807) is 36.4 Å². The van der Waals surface area contributed by atoms with Crippen LogP contribution in [0.3, 0.4) is 0 Å². The molecule has 0 atom stereocenters. The highest BCUT2D eigenvalue weighted by Crippen LogP contribution is 2.20. The SMILES string of the molecule is O=C1C=C(c2ccc(CCCCCCCCCCCCCCCCCCC(=O)Oc3ccc(C=CC(=O)c4ccccc4)cc3)cc2)C(=O)N1. The summed E-state index contributed by atoms with van der Waals surface area (Å²) in [6.45, 7) is 0. The first-order valence-electron chi connectivity index (χ1n) is 18.7. The fourth-order valence-electron chi connectivity index (χ4n) is 6.25. The van der Waals surface area contributed by atoms with Crippen molar-refractivity contribution in [3.05, 3.63) is 113 Å². The average molecular weight is 676 g/mol. The van der Waals surface area contributed by atoms with Crippen LogP contribution in [0.25, 0.3) is 11.6 Å². The van der Waals surface area contributed by atoms with Crippen molar-refractivity contribution in [1.29, 1.82) is 0 Å². The Kier molecular flexibility index (Phi) is 17.0. The van der Waals surface area contributed by atoms with E-state index in [9.17, 15) is 19.2 Å². The Labute approximate surface area is 298 Å². The van der Waals surface area contributed by atoms with E-state index >= 15 is 0 Å². The van der Waals surface area contributed by atoms with Gasteiger partial charge in [0.05, 0.1) is 5.57 Å². The van der Waals surface area contributed by atoms with Gasteiger partial charge in [-0.1, -0.05) is 163 Å². The van der Waals surface area contributed by atoms with Gasteiger partial charge in [-0.2, -0.15) is 0 Å². The Morgan fingerprint density at radius 1 is 0.600 bits per heavy atom. The van der Waals surface area contributed by atoms with Crippen molar-refractivity contribution in [3.8, 4) is 5.75 Å². The fraction of sp³-hybridized carbons (Fsp3) is 0.409. The number of aryl methyl sites for hydroxylation is 1. The number of benzene rings is 3. The third kappa shape index (κ3) is 14.5. The molecule has 0 saturated heterocycles. The van der Waals surface area contributed by atoms with E-state index in [2.05, 4.69) is 17.4 Å². The first-order chi connectivity index (χ1) is 24.5. The Morgan fingerprint density at radius 2 is 1.14 bits per heavy atom. The molecule has 2 amide bonds. The van der Waals surface area contributed by atoms with Crippen molar-refractivity contribution in [1.82, 2.24) is 5.32 Å². The molecule has 0 spiro atoms. The number of carbonyl (C=O) groups is 4. The van der Waals surface area contributed by atoms with Crippen LogP contribution in [0.1, 0.15) is 136 Å². The van der Waals surface area contributed by atoms with Gasteiger partial charge in [-0.05, 0) is 54.2 Å². The van der Waals surface area contributed by atoms with Crippen molar-refractivity contribution in [2.24, 2.45) is 0 Å². The fourth-order valence-corrected chi connectivity index (χ4v) is 6.25. The largest absolute Gasteiger partial charge is 0.427 e. The molecule has 50 heavy (non-hydrogen) atoms. The lowest BCUT2D eigenvalue weighted by molar-refractivity contribution is -0.134. The second-order valence-corrected chi connectivity index (χ2v) is 13.3. The summed E-state index contributed by atoms with van der Waals surface area (Å²) in [7, 11) is 0. The topological polar surface area (TPSA) is 89.5 Å². The first-order valence-corrected chi connectivity index (χ1v) is 18.7. The number of imide groups is 1. The van der Waals surface area contributed by atoms with E-state index in [0.29, 0.717) is 23.3 Å². The summed E-state index contributed by atoms with van der Waals surface area (Å²) in [5.74, 6) is -0.354. The van der Waals surface area contributed by atoms with Gasteiger partial charge in [-0.3, -0.25) is 24.5 Å². The zero-order valence-electron chi connectivity index (χ0n) is 29.5. The van der Waals surface area contributed by atoms with Crippen LogP contribution in [0, 0.1) is 0 Å². The smallest absolute Gasteiger partial charge is 0.311 e. The molecule has 0 bridgehead atoms. The number of amides is 2. The van der Waals surface area contributed by atoms with Crippen LogP contribution >= 0.6 is 0 Å².